The number of carboxylic acid groups (broad SMARTS) is 1. The molecule has 0 bridgehead atoms. The highest BCUT2D eigenvalue weighted by Crippen LogP contribution is 2.24. The Kier molecular flexibility index (Phi) is 5.02. The van der Waals surface area contributed by atoms with Gasteiger partial charge in [0.15, 0.2) is 0 Å². The Hall–Kier alpha value is -1.50. The van der Waals surface area contributed by atoms with Gasteiger partial charge in [-0.1, -0.05) is 6.92 Å². The minimum absolute atomic E-state index is 0.113. The molecule has 0 aromatic heterocycles. The second-order valence-electron chi connectivity index (χ2n) is 4.60. The van der Waals surface area contributed by atoms with Gasteiger partial charge in [-0.15, -0.1) is 12.3 Å². The lowest BCUT2D eigenvalue weighted by Gasteiger charge is -2.41. The topological polar surface area (TPSA) is 57.6 Å². The summed E-state index contributed by atoms with van der Waals surface area (Å²) in [4.78, 5) is 24.1. The van der Waals surface area contributed by atoms with E-state index in [0.717, 1.165) is 12.8 Å². The number of carboxylic acids is 1. The van der Waals surface area contributed by atoms with Gasteiger partial charge < -0.3 is 10.0 Å². The molecule has 1 fully saturated rings. The number of terminal acetylenes is 1. The SMILES string of the molecule is C#CCCCCC(=O)N1CC(C(C)C(=O)O)C1. The third-order valence-electron chi connectivity index (χ3n) is 3.32. The van der Waals surface area contributed by atoms with Gasteiger partial charge in [0, 0.05) is 31.8 Å². The normalized spacial score (nSPS) is 17.1. The summed E-state index contributed by atoms with van der Waals surface area (Å²) in [5, 5.41) is 8.82. The highest BCUT2D eigenvalue weighted by Gasteiger charge is 2.36. The van der Waals surface area contributed by atoms with Gasteiger partial charge in [0.1, 0.15) is 0 Å². The predicted octanol–water partition coefficient (Wildman–Crippen LogP) is 1.36. The number of carbonyl (C=O) groups is 2. The Bertz CT molecular complexity index is 326. The Morgan fingerprint density at radius 2 is 2.12 bits per heavy atom. The zero-order valence-corrected chi connectivity index (χ0v) is 10.2. The number of aliphatic carboxylic acids is 1. The van der Waals surface area contributed by atoms with E-state index in [4.69, 9.17) is 11.5 Å². The monoisotopic (exact) mass is 237 g/mol. The molecular weight excluding hydrogens is 218 g/mol. The number of carbonyl (C=O) groups excluding carboxylic acids is 1. The average Bonchev–Trinajstić information content (AvgIpc) is 2.22. The van der Waals surface area contributed by atoms with E-state index in [-0.39, 0.29) is 17.7 Å². The van der Waals surface area contributed by atoms with E-state index < -0.39 is 5.97 Å². The molecule has 1 aliphatic rings. The van der Waals surface area contributed by atoms with E-state index in [0.29, 0.717) is 25.9 Å². The third kappa shape index (κ3) is 3.77. The van der Waals surface area contributed by atoms with Crippen molar-refractivity contribution in [3.05, 3.63) is 0 Å². The van der Waals surface area contributed by atoms with Gasteiger partial charge in [0.2, 0.25) is 5.91 Å². The van der Waals surface area contributed by atoms with Crippen molar-refractivity contribution < 1.29 is 14.7 Å². The van der Waals surface area contributed by atoms with Crippen LogP contribution in [0.15, 0.2) is 0 Å². The van der Waals surface area contributed by atoms with Crippen LogP contribution in [-0.2, 0) is 9.59 Å². The molecule has 0 radical (unpaired) electrons. The predicted molar refractivity (Wildman–Crippen MR) is 64.2 cm³/mol. The number of unbranched alkanes of at least 4 members (excludes halogenated alkanes) is 2. The van der Waals surface area contributed by atoms with Crippen molar-refractivity contribution in [2.75, 3.05) is 13.1 Å². The van der Waals surface area contributed by atoms with Crippen LogP contribution in [-0.4, -0.2) is 35.0 Å². The first-order valence-corrected chi connectivity index (χ1v) is 6.00. The molecule has 4 nitrogen and oxygen atoms in total. The summed E-state index contributed by atoms with van der Waals surface area (Å²) >= 11 is 0. The van der Waals surface area contributed by atoms with E-state index >= 15 is 0 Å². The molecule has 1 heterocycles. The van der Waals surface area contributed by atoms with Crippen LogP contribution in [0.4, 0.5) is 0 Å². The quantitative estimate of drug-likeness (QED) is 0.560. The van der Waals surface area contributed by atoms with Crippen molar-refractivity contribution in [2.45, 2.75) is 32.6 Å². The molecule has 1 rings (SSSR count). The molecule has 0 aliphatic carbocycles. The van der Waals surface area contributed by atoms with Gasteiger partial charge in [0.25, 0.3) is 0 Å². The molecule has 0 aromatic rings. The summed E-state index contributed by atoms with van der Waals surface area (Å²) in [6, 6.07) is 0. The lowest BCUT2D eigenvalue weighted by Crippen LogP contribution is -2.53. The number of likely N-dealkylation sites (tertiary alicyclic amines) is 1. The van der Waals surface area contributed by atoms with Crippen LogP contribution in [0.2, 0.25) is 0 Å². The standard InChI is InChI=1S/C13H19NO3/c1-3-4-5-6-7-12(15)14-8-11(9-14)10(2)13(16)17/h1,10-11H,4-9H2,2H3,(H,16,17). The Labute approximate surface area is 102 Å². The fraction of sp³-hybridized carbons (Fsp3) is 0.692. The number of hydrogen-bond acceptors (Lipinski definition) is 2. The first-order valence-electron chi connectivity index (χ1n) is 6.00. The smallest absolute Gasteiger partial charge is 0.306 e. The maximum absolute atomic E-state index is 11.7. The molecule has 17 heavy (non-hydrogen) atoms. The van der Waals surface area contributed by atoms with Crippen molar-refractivity contribution in [3.63, 3.8) is 0 Å². The summed E-state index contributed by atoms with van der Waals surface area (Å²) in [7, 11) is 0. The zero-order valence-electron chi connectivity index (χ0n) is 10.2. The summed E-state index contributed by atoms with van der Waals surface area (Å²) in [6.07, 6.45) is 8.06. The highest BCUT2D eigenvalue weighted by atomic mass is 16.4. The van der Waals surface area contributed by atoms with Crippen molar-refractivity contribution in [1.29, 1.82) is 0 Å². The average molecular weight is 237 g/mol. The second kappa shape index (κ2) is 6.29. The van der Waals surface area contributed by atoms with Crippen molar-refractivity contribution in [1.82, 2.24) is 4.90 Å². The summed E-state index contributed by atoms with van der Waals surface area (Å²) in [5.74, 6) is 1.64. The van der Waals surface area contributed by atoms with Crippen LogP contribution in [0.25, 0.3) is 0 Å². The zero-order chi connectivity index (χ0) is 12.8. The maximum Gasteiger partial charge on any atom is 0.306 e. The maximum atomic E-state index is 11.7. The Balaban J connectivity index is 2.17. The molecule has 0 aromatic carbocycles. The van der Waals surface area contributed by atoms with E-state index in [9.17, 15) is 9.59 Å². The van der Waals surface area contributed by atoms with Crippen molar-refractivity contribution in [3.8, 4) is 12.3 Å². The Morgan fingerprint density at radius 1 is 1.47 bits per heavy atom. The number of amides is 1. The third-order valence-corrected chi connectivity index (χ3v) is 3.32. The molecule has 1 aliphatic heterocycles. The summed E-state index contributed by atoms with van der Waals surface area (Å²) in [6.45, 7) is 2.87. The largest absolute Gasteiger partial charge is 0.481 e. The van der Waals surface area contributed by atoms with E-state index in [1.807, 2.05) is 0 Å². The van der Waals surface area contributed by atoms with Crippen LogP contribution >= 0.6 is 0 Å². The first kappa shape index (κ1) is 13.6. The van der Waals surface area contributed by atoms with Gasteiger partial charge in [-0.2, -0.15) is 0 Å². The fourth-order valence-corrected chi connectivity index (χ4v) is 1.90. The molecule has 0 saturated carbocycles. The Morgan fingerprint density at radius 3 is 2.65 bits per heavy atom. The van der Waals surface area contributed by atoms with Gasteiger partial charge in [-0.25, -0.2) is 0 Å². The number of nitrogens with zero attached hydrogens (tertiary/aromatic N) is 1. The first-order chi connectivity index (χ1) is 8.06. The molecular formula is C13H19NO3. The van der Waals surface area contributed by atoms with Gasteiger partial charge in [-0.3, -0.25) is 9.59 Å². The summed E-state index contributed by atoms with van der Waals surface area (Å²) in [5.41, 5.74) is 0. The number of rotatable bonds is 6. The van der Waals surface area contributed by atoms with Gasteiger partial charge >= 0.3 is 5.97 Å². The fourth-order valence-electron chi connectivity index (χ4n) is 1.90. The van der Waals surface area contributed by atoms with E-state index in [1.165, 1.54) is 0 Å². The second-order valence-corrected chi connectivity index (χ2v) is 4.60. The van der Waals surface area contributed by atoms with Crippen LogP contribution in [0.3, 0.4) is 0 Å². The minimum atomic E-state index is -0.781. The molecule has 94 valence electrons. The highest BCUT2D eigenvalue weighted by molar-refractivity contribution is 5.77. The van der Waals surface area contributed by atoms with E-state index in [2.05, 4.69) is 5.92 Å². The minimum Gasteiger partial charge on any atom is -0.481 e. The molecule has 1 unspecified atom stereocenters. The molecule has 1 atom stereocenters. The lowest BCUT2D eigenvalue weighted by atomic mass is 9.87. The van der Waals surface area contributed by atoms with Crippen LogP contribution in [0.1, 0.15) is 32.6 Å². The molecule has 1 N–H and O–H groups in total. The van der Waals surface area contributed by atoms with Crippen molar-refractivity contribution >= 4 is 11.9 Å². The molecule has 1 saturated heterocycles. The molecule has 4 heteroatoms. The van der Waals surface area contributed by atoms with Gasteiger partial charge in [-0.05, 0) is 12.8 Å². The molecule has 0 spiro atoms. The number of hydrogen-bond donors (Lipinski definition) is 1. The summed E-state index contributed by atoms with van der Waals surface area (Å²) < 4.78 is 0. The van der Waals surface area contributed by atoms with E-state index in [1.54, 1.807) is 11.8 Å². The molecule has 1 amide bonds. The van der Waals surface area contributed by atoms with Crippen LogP contribution in [0.5, 0.6) is 0 Å². The van der Waals surface area contributed by atoms with Gasteiger partial charge in [0.05, 0.1) is 5.92 Å². The van der Waals surface area contributed by atoms with Crippen LogP contribution in [0, 0.1) is 24.2 Å². The lowest BCUT2D eigenvalue weighted by molar-refractivity contribution is -0.150. The van der Waals surface area contributed by atoms with Crippen molar-refractivity contribution in [2.24, 2.45) is 11.8 Å². The van der Waals surface area contributed by atoms with Crippen LogP contribution < -0.4 is 0 Å².